The van der Waals surface area contributed by atoms with Gasteiger partial charge in [-0.15, -0.1) is 0 Å². The minimum absolute atomic E-state index is 0.273. The average molecular weight is 416 g/mol. The van der Waals surface area contributed by atoms with Crippen LogP contribution in [0.25, 0.3) is 0 Å². The standard InChI is InChI=1S/C24H24N4O3/c1-17-8-2-3-9-18(17)16-27-22(29)20-11-4-5-12-21(20)28-24(31)23(30)26-15-13-19-10-6-7-14-25-19/h2-12,14H,13,15-16H2,1H3,(H,26,30)(H,27,29)(H,28,31). The van der Waals surface area contributed by atoms with E-state index >= 15 is 0 Å². The molecule has 158 valence electrons. The summed E-state index contributed by atoms with van der Waals surface area (Å²) < 4.78 is 0. The van der Waals surface area contributed by atoms with E-state index in [2.05, 4.69) is 20.9 Å². The molecule has 0 saturated carbocycles. The van der Waals surface area contributed by atoms with Gasteiger partial charge >= 0.3 is 11.8 Å². The summed E-state index contributed by atoms with van der Waals surface area (Å²) in [4.78, 5) is 41.2. The monoisotopic (exact) mass is 416 g/mol. The van der Waals surface area contributed by atoms with Crippen molar-refractivity contribution in [2.75, 3.05) is 11.9 Å². The molecule has 0 aliphatic rings. The van der Waals surface area contributed by atoms with Gasteiger partial charge in [0.05, 0.1) is 11.3 Å². The molecule has 1 aromatic heterocycles. The maximum absolute atomic E-state index is 12.7. The fourth-order valence-electron chi connectivity index (χ4n) is 2.98. The lowest BCUT2D eigenvalue weighted by atomic mass is 10.1. The number of rotatable bonds is 7. The van der Waals surface area contributed by atoms with E-state index in [0.29, 0.717) is 13.0 Å². The Morgan fingerprint density at radius 2 is 1.58 bits per heavy atom. The number of nitrogens with one attached hydrogen (secondary N) is 3. The van der Waals surface area contributed by atoms with Crippen molar-refractivity contribution >= 4 is 23.4 Å². The predicted molar refractivity (Wildman–Crippen MR) is 118 cm³/mol. The Bertz CT molecular complexity index is 1070. The number of amides is 3. The molecule has 0 atom stereocenters. The molecule has 3 amide bonds. The highest BCUT2D eigenvalue weighted by atomic mass is 16.2. The number of pyridine rings is 1. The van der Waals surface area contributed by atoms with Crippen molar-refractivity contribution < 1.29 is 14.4 Å². The van der Waals surface area contributed by atoms with Crippen LogP contribution in [0, 0.1) is 6.92 Å². The molecule has 0 saturated heterocycles. The SMILES string of the molecule is Cc1ccccc1CNC(=O)c1ccccc1NC(=O)C(=O)NCCc1ccccn1. The normalized spacial score (nSPS) is 10.2. The molecule has 3 aromatic rings. The van der Waals surface area contributed by atoms with Crippen LogP contribution in [0.3, 0.4) is 0 Å². The topological polar surface area (TPSA) is 100 Å². The second-order valence-corrected chi connectivity index (χ2v) is 6.94. The Morgan fingerprint density at radius 1 is 0.839 bits per heavy atom. The minimum atomic E-state index is -0.833. The molecule has 1 heterocycles. The molecule has 3 N–H and O–H groups in total. The van der Waals surface area contributed by atoms with Crippen LogP contribution in [-0.4, -0.2) is 29.3 Å². The van der Waals surface area contributed by atoms with Crippen molar-refractivity contribution in [3.63, 3.8) is 0 Å². The van der Waals surface area contributed by atoms with Gasteiger partial charge in [-0.2, -0.15) is 0 Å². The van der Waals surface area contributed by atoms with Crippen LogP contribution in [0.4, 0.5) is 5.69 Å². The van der Waals surface area contributed by atoms with E-state index in [9.17, 15) is 14.4 Å². The molecule has 7 heteroatoms. The Morgan fingerprint density at radius 3 is 2.35 bits per heavy atom. The van der Waals surface area contributed by atoms with Crippen molar-refractivity contribution in [2.45, 2.75) is 19.9 Å². The highest BCUT2D eigenvalue weighted by molar-refractivity contribution is 6.40. The highest BCUT2D eigenvalue weighted by Crippen LogP contribution is 2.15. The Hall–Kier alpha value is -4.00. The summed E-state index contributed by atoms with van der Waals surface area (Å²) in [5.41, 5.74) is 3.45. The molecule has 7 nitrogen and oxygen atoms in total. The van der Waals surface area contributed by atoms with Gasteiger partial charge in [-0.3, -0.25) is 19.4 Å². The molecule has 31 heavy (non-hydrogen) atoms. The van der Waals surface area contributed by atoms with Gasteiger partial charge in [-0.25, -0.2) is 0 Å². The van der Waals surface area contributed by atoms with E-state index in [1.54, 1.807) is 30.5 Å². The Labute approximate surface area is 180 Å². The molecule has 0 aliphatic carbocycles. The maximum Gasteiger partial charge on any atom is 0.313 e. The van der Waals surface area contributed by atoms with Crippen molar-refractivity contribution in [2.24, 2.45) is 0 Å². The number of nitrogens with zero attached hydrogens (tertiary/aromatic N) is 1. The highest BCUT2D eigenvalue weighted by Gasteiger charge is 2.17. The van der Waals surface area contributed by atoms with Crippen LogP contribution in [0.2, 0.25) is 0 Å². The first-order chi connectivity index (χ1) is 15.0. The lowest BCUT2D eigenvalue weighted by Gasteiger charge is -2.12. The molecule has 0 fully saturated rings. The zero-order valence-corrected chi connectivity index (χ0v) is 17.2. The number of carbonyl (C=O) groups is 3. The fraction of sp³-hybridized carbons (Fsp3) is 0.167. The summed E-state index contributed by atoms with van der Waals surface area (Å²) >= 11 is 0. The summed E-state index contributed by atoms with van der Waals surface area (Å²) in [6.45, 7) is 2.62. The first-order valence-corrected chi connectivity index (χ1v) is 9.95. The van der Waals surface area contributed by atoms with Crippen molar-refractivity contribution in [1.29, 1.82) is 0 Å². The summed E-state index contributed by atoms with van der Waals surface area (Å²) in [7, 11) is 0. The van der Waals surface area contributed by atoms with Crippen LogP contribution in [-0.2, 0) is 22.6 Å². The van der Waals surface area contributed by atoms with Crippen LogP contribution < -0.4 is 16.0 Å². The van der Waals surface area contributed by atoms with Gasteiger partial charge in [0.25, 0.3) is 5.91 Å². The van der Waals surface area contributed by atoms with Crippen LogP contribution in [0.15, 0.2) is 72.9 Å². The molecule has 3 rings (SSSR count). The number of hydrogen-bond donors (Lipinski definition) is 3. The van der Waals surface area contributed by atoms with Crippen LogP contribution >= 0.6 is 0 Å². The van der Waals surface area contributed by atoms with E-state index in [1.807, 2.05) is 49.4 Å². The van der Waals surface area contributed by atoms with E-state index < -0.39 is 11.8 Å². The number of aryl methyl sites for hydroxylation is 1. The molecule has 0 bridgehead atoms. The summed E-state index contributed by atoms with van der Waals surface area (Å²) in [5.74, 6) is -1.94. The molecule has 0 radical (unpaired) electrons. The van der Waals surface area contributed by atoms with E-state index in [0.717, 1.165) is 16.8 Å². The van der Waals surface area contributed by atoms with Gasteiger partial charge in [-0.05, 0) is 42.3 Å². The van der Waals surface area contributed by atoms with Gasteiger partial charge < -0.3 is 16.0 Å². The smallest absolute Gasteiger partial charge is 0.313 e. The third kappa shape index (κ3) is 6.24. The van der Waals surface area contributed by atoms with Gasteiger partial charge in [0.2, 0.25) is 0 Å². The van der Waals surface area contributed by atoms with Crippen LogP contribution in [0.5, 0.6) is 0 Å². The maximum atomic E-state index is 12.7. The molecule has 2 aromatic carbocycles. The second-order valence-electron chi connectivity index (χ2n) is 6.94. The fourth-order valence-corrected chi connectivity index (χ4v) is 2.98. The summed E-state index contributed by atoms with van der Waals surface area (Å²) in [6.07, 6.45) is 2.18. The molecule has 0 unspecified atom stereocenters. The molecular weight excluding hydrogens is 392 g/mol. The zero-order valence-electron chi connectivity index (χ0n) is 17.2. The van der Waals surface area contributed by atoms with Gasteiger partial charge in [0.1, 0.15) is 0 Å². The first kappa shape index (κ1) is 21.7. The van der Waals surface area contributed by atoms with E-state index in [4.69, 9.17) is 0 Å². The summed E-state index contributed by atoms with van der Waals surface area (Å²) in [6, 6.07) is 19.9. The average Bonchev–Trinajstić information content (AvgIpc) is 2.79. The third-order valence-corrected chi connectivity index (χ3v) is 4.72. The zero-order chi connectivity index (χ0) is 22.1. The largest absolute Gasteiger partial charge is 0.348 e. The van der Waals surface area contributed by atoms with Gasteiger partial charge in [0, 0.05) is 31.4 Å². The van der Waals surface area contributed by atoms with Gasteiger partial charge in [-0.1, -0.05) is 42.5 Å². The number of benzene rings is 2. The van der Waals surface area contributed by atoms with Crippen molar-refractivity contribution in [3.8, 4) is 0 Å². The van der Waals surface area contributed by atoms with Crippen molar-refractivity contribution in [3.05, 3.63) is 95.3 Å². The predicted octanol–water partition coefficient (Wildman–Crippen LogP) is 2.62. The number of aromatic nitrogens is 1. The number of carbonyl (C=O) groups excluding carboxylic acids is 3. The molecule has 0 aliphatic heterocycles. The quantitative estimate of drug-likeness (QED) is 0.516. The lowest BCUT2D eigenvalue weighted by Crippen LogP contribution is -2.37. The Balaban J connectivity index is 1.56. The Kier molecular flexibility index (Phi) is 7.48. The van der Waals surface area contributed by atoms with Gasteiger partial charge in [0.15, 0.2) is 0 Å². The van der Waals surface area contributed by atoms with Crippen LogP contribution in [0.1, 0.15) is 27.2 Å². The summed E-state index contributed by atoms with van der Waals surface area (Å²) in [5, 5.41) is 7.94. The second kappa shape index (κ2) is 10.7. The van der Waals surface area contributed by atoms with E-state index in [1.165, 1.54) is 0 Å². The number of para-hydroxylation sites is 1. The van der Waals surface area contributed by atoms with Crippen molar-refractivity contribution in [1.82, 2.24) is 15.6 Å². The molecule has 0 spiro atoms. The number of hydrogen-bond acceptors (Lipinski definition) is 4. The number of anilines is 1. The van der Waals surface area contributed by atoms with E-state index in [-0.39, 0.29) is 23.7 Å². The third-order valence-electron chi connectivity index (χ3n) is 4.72. The molecular formula is C24H24N4O3. The minimum Gasteiger partial charge on any atom is -0.348 e. The first-order valence-electron chi connectivity index (χ1n) is 9.95. The lowest BCUT2D eigenvalue weighted by molar-refractivity contribution is -0.136.